The van der Waals surface area contributed by atoms with Gasteiger partial charge in [0, 0.05) is 12.3 Å². The van der Waals surface area contributed by atoms with Gasteiger partial charge in [0.15, 0.2) is 14.1 Å². The van der Waals surface area contributed by atoms with E-state index < -0.39 is 50.4 Å². The Hall–Kier alpha value is -0.613. The molecule has 33 heavy (non-hydrogen) atoms. The predicted molar refractivity (Wildman–Crippen MR) is 130 cm³/mol. The largest absolute Gasteiger partial charge is 0.410 e. The smallest absolute Gasteiger partial charge is 0.192 e. The molecule has 0 aromatic heterocycles. The number of hydrogen-bond acceptors (Lipinski definition) is 7. The highest BCUT2D eigenvalue weighted by molar-refractivity contribution is 6.74. The molecule has 2 unspecified atom stereocenters. The SMILES string of the molecule is CC=C[C@H](C)[C@H]1OC1(C)[C@@H](O[Si](C)(C)C(C)(C)C)[C@@H](CO)C(=O)[C@@H]1COC(O)(CC)C[C@H]1O. The summed E-state index contributed by atoms with van der Waals surface area (Å²) >= 11 is 0. The van der Waals surface area contributed by atoms with Crippen molar-refractivity contribution >= 4 is 14.1 Å². The number of epoxide rings is 1. The molecule has 2 rings (SSSR count). The molecule has 7 nitrogen and oxygen atoms in total. The quantitative estimate of drug-likeness (QED) is 0.247. The zero-order valence-electron chi connectivity index (χ0n) is 21.9. The number of rotatable bonds is 10. The van der Waals surface area contributed by atoms with E-state index in [9.17, 15) is 20.1 Å². The van der Waals surface area contributed by atoms with E-state index in [4.69, 9.17) is 13.9 Å². The number of Topliss-reactive ketones (excluding diaryl/α,β-unsaturated/α-hetero) is 1. The van der Waals surface area contributed by atoms with E-state index in [1.165, 1.54) is 0 Å². The Kier molecular flexibility index (Phi) is 8.82. The van der Waals surface area contributed by atoms with Crippen molar-refractivity contribution in [1.29, 1.82) is 0 Å². The lowest BCUT2D eigenvalue weighted by Gasteiger charge is -2.44. The minimum atomic E-state index is -2.34. The Morgan fingerprint density at radius 2 is 1.94 bits per heavy atom. The minimum Gasteiger partial charge on any atom is -0.410 e. The molecule has 2 fully saturated rings. The second-order valence-electron chi connectivity index (χ2n) is 11.6. The fourth-order valence-electron chi connectivity index (χ4n) is 4.61. The highest BCUT2D eigenvalue weighted by Crippen LogP contribution is 2.51. The third-order valence-corrected chi connectivity index (χ3v) is 12.5. The second kappa shape index (κ2) is 10.2. The van der Waals surface area contributed by atoms with E-state index in [1.54, 1.807) is 6.92 Å². The summed E-state index contributed by atoms with van der Waals surface area (Å²) in [5.74, 6) is -3.32. The van der Waals surface area contributed by atoms with Crippen LogP contribution in [0.3, 0.4) is 0 Å². The normalized spacial score (nSPS) is 35.9. The molecule has 0 aliphatic carbocycles. The van der Waals surface area contributed by atoms with Crippen molar-refractivity contribution in [3.63, 3.8) is 0 Å². The fraction of sp³-hybridized carbons (Fsp3) is 0.880. The number of ether oxygens (including phenoxy) is 2. The zero-order chi connectivity index (χ0) is 25.4. The van der Waals surface area contributed by atoms with Crippen molar-refractivity contribution in [2.75, 3.05) is 13.2 Å². The molecule has 192 valence electrons. The maximum absolute atomic E-state index is 13.7. The molecule has 0 amide bonds. The monoisotopic (exact) mass is 486 g/mol. The number of carbonyl (C=O) groups excluding carboxylic acids is 1. The first kappa shape index (κ1) is 28.6. The van der Waals surface area contributed by atoms with E-state index in [-0.39, 0.29) is 35.9 Å². The van der Waals surface area contributed by atoms with Crippen LogP contribution >= 0.6 is 0 Å². The average Bonchev–Trinajstić information content (AvgIpc) is 3.40. The lowest BCUT2D eigenvalue weighted by Crippen LogP contribution is -2.56. The van der Waals surface area contributed by atoms with Crippen molar-refractivity contribution in [1.82, 2.24) is 0 Å². The summed E-state index contributed by atoms with van der Waals surface area (Å²) in [4.78, 5) is 13.7. The average molecular weight is 487 g/mol. The summed E-state index contributed by atoms with van der Waals surface area (Å²) in [6, 6.07) is 0. The maximum atomic E-state index is 13.7. The molecule has 2 aliphatic heterocycles. The van der Waals surface area contributed by atoms with Gasteiger partial charge in [0.1, 0.15) is 11.4 Å². The Morgan fingerprint density at radius 1 is 1.33 bits per heavy atom. The van der Waals surface area contributed by atoms with Gasteiger partial charge in [0.05, 0.1) is 43.4 Å². The first-order chi connectivity index (χ1) is 15.1. The Bertz CT molecular complexity index is 718. The highest BCUT2D eigenvalue weighted by atomic mass is 28.4. The lowest BCUT2D eigenvalue weighted by atomic mass is 9.78. The van der Waals surface area contributed by atoms with E-state index >= 15 is 0 Å². The molecular weight excluding hydrogens is 440 g/mol. The molecular formula is C25H46O7Si. The number of allylic oxidation sites excluding steroid dienone is 1. The van der Waals surface area contributed by atoms with Crippen LogP contribution in [-0.2, 0) is 18.7 Å². The van der Waals surface area contributed by atoms with Gasteiger partial charge in [-0.1, -0.05) is 46.8 Å². The van der Waals surface area contributed by atoms with Crippen LogP contribution in [0.25, 0.3) is 0 Å². The van der Waals surface area contributed by atoms with Gasteiger partial charge in [-0.05, 0) is 38.4 Å². The molecule has 0 aromatic rings. The first-order valence-corrected chi connectivity index (χ1v) is 15.1. The minimum absolute atomic E-state index is 0.0411. The molecule has 8 atom stereocenters. The van der Waals surface area contributed by atoms with Crippen molar-refractivity contribution in [3.8, 4) is 0 Å². The second-order valence-corrected chi connectivity index (χ2v) is 16.3. The Balaban J connectivity index is 2.37. The van der Waals surface area contributed by atoms with Crippen molar-refractivity contribution in [2.45, 2.75) is 109 Å². The molecule has 0 saturated carbocycles. The van der Waals surface area contributed by atoms with Crippen molar-refractivity contribution < 1.29 is 34.0 Å². The van der Waals surface area contributed by atoms with Crippen LogP contribution in [0.5, 0.6) is 0 Å². The molecule has 0 bridgehead atoms. The van der Waals surface area contributed by atoms with Crippen molar-refractivity contribution in [2.24, 2.45) is 17.8 Å². The molecule has 8 heteroatoms. The summed E-state index contributed by atoms with van der Waals surface area (Å²) < 4.78 is 18.5. The van der Waals surface area contributed by atoms with Crippen LogP contribution in [0.2, 0.25) is 18.1 Å². The molecule has 0 aromatic carbocycles. The van der Waals surface area contributed by atoms with E-state index in [0.717, 1.165) is 0 Å². The van der Waals surface area contributed by atoms with E-state index in [2.05, 4.69) is 46.9 Å². The molecule has 2 saturated heterocycles. The van der Waals surface area contributed by atoms with Gasteiger partial charge in [-0.3, -0.25) is 4.79 Å². The summed E-state index contributed by atoms with van der Waals surface area (Å²) in [7, 11) is -2.34. The molecule has 2 aliphatic rings. The number of ketones is 1. The van der Waals surface area contributed by atoms with Crippen LogP contribution in [0, 0.1) is 17.8 Å². The summed E-state index contributed by atoms with van der Waals surface area (Å²) in [5.41, 5.74) is -0.734. The van der Waals surface area contributed by atoms with Crippen LogP contribution in [0.1, 0.15) is 61.3 Å². The number of aliphatic hydroxyl groups excluding tert-OH is 2. The van der Waals surface area contributed by atoms with Gasteiger partial charge in [-0.25, -0.2) is 0 Å². The van der Waals surface area contributed by atoms with Gasteiger partial charge in [0.25, 0.3) is 0 Å². The van der Waals surface area contributed by atoms with Gasteiger partial charge in [-0.15, -0.1) is 0 Å². The third kappa shape index (κ3) is 5.97. The number of aliphatic hydroxyl groups is 3. The number of hydrogen-bond donors (Lipinski definition) is 3. The van der Waals surface area contributed by atoms with Crippen LogP contribution in [0.15, 0.2) is 12.2 Å². The van der Waals surface area contributed by atoms with Crippen LogP contribution < -0.4 is 0 Å². The Morgan fingerprint density at radius 3 is 2.39 bits per heavy atom. The number of carbonyl (C=O) groups is 1. The first-order valence-electron chi connectivity index (χ1n) is 12.2. The molecule has 2 heterocycles. The van der Waals surface area contributed by atoms with Gasteiger partial charge >= 0.3 is 0 Å². The topological polar surface area (TPSA) is 109 Å². The predicted octanol–water partition coefficient (Wildman–Crippen LogP) is 3.42. The molecule has 0 radical (unpaired) electrons. The van der Waals surface area contributed by atoms with Crippen LogP contribution in [0.4, 0.5) is 0 Å². The van der Waals surface area contributed by atoms with E-state index in [1.807, 2.05) is 19.9 Å². The van der Waals surface area contributed by atoms with Crippen molar-refractivity contribution in [3.05, 3.63) is 12.2 Å². The summed E-state index contributed by atoms with van der Waals surface area (Å²) in [6.07, 6.45) is 2.48. The van der Waals surface area contributed by atoms with Gasteiger partial charge in [-0.2, -0.15) is 0 Å². The highest BCUT2D eigenvalue weighted by Gasteiger charge is 2.64. The maximum Gasteiger partial charge on any atom is 0.192 e. The fourth-order valence-corrected chi connectivity index (χ4v) is 5.99. The summed E-state index contributed by atoms with van der Waals surface area (Å²) in [5, 5.41) is 31.4. The third-order valence-electron chi connectivity index (χ3n) is 8.02. The van der Waals surface area contributed by atoms with Gasteiger partial charge < -0.3 is 29.2 Å². The standard InChI is InChI=1S/C25H46O7Si/c1-10-12-16(3)21-24(7,31-21)22(32-33(8,9)23(4,5)6)17(14-26)20(28)18-15-30-25(29,11-2)13-19(18)27/h10,12,16-19,21-22,26-27,29H,11,13-15H2,1-9H3/t16-,17-,18+,19+,21+,22-,24?,25?/m0/s1. The Labute approximate surface area is 200 Å². The zero-order valence-corrected chi connectivity index (χ0v) is 22.9. The summed E-state index contributed by atoms with van der Waals surface area (Å²) in [6.45, 7) is 17.9. The molecule has 0 spiro atoms. The molecule has 3 N–H and O–H groups in total. The van der Waals surface area contributed by atoms with Gasteiger partial charge in [0.2, 0.25) is 0 Å². The lowest BCUT2D eigenvalue weighted by molar-refractivity contribution is -0.258. The van der Waals surface area contributed by atoms with Crippen LogP contribution in [-0.4, -0.2) is 72.3 Å². The van der Waals surface area contributed by atoms with E-state index in [0.29, 0.717) is 6.42 Å².